The molecule has 3 atom stereocenters. The Morgan fingerprint density at radius 3 is 2.85 bits per heavy atom. The summed E-state index contributed by atoms with van der Waals surface area (Å²) in [6.07, 6.45) is 11.0. The van der Waals surface area contributed by atoms with Crippen LogP contribution >= 0.6 is 11.3 Å². The first-order valence-corrected chi connectivity index (χ1v) is 16.7. The van der Waals surface area contributed by atoms with Gasteiger partial charge in [0.05, 0.1) is 28.6 Å². The lowest BCUT2D eigenvalue weighted by Gasteiger charge is -2.39. The van der Waals surface area contributed by atoms with E-state index in [0.29, 0.717) is 39.6 Å². The van der Waals surface area contributed by atoms with Gasteiger partial charge < -0.3 is 20.5 Å². The van der Waals surface area contributed by atoms with Crippen molar-refractivity contribution in [1.82, 2.24) is 44.9 Å². The third-order valence-electron chi connectivity index (χ3n) is 10.3. The zero-order chi connectivity index (χ0) is 31.7. The number of aryl methyl sites for hydroxylation is 1. The number of nitriles is 1. The number of carbonyl (C=O) groups excluding carboxylic acids is 1. The highest BCUT2D eigenvalue weighted by atomic mass is 32.1. The molecule has 13 nitrogen and oxygen atoms in total. The quantitative estimate of drug-likeness (QED) is 0.285. The zero-order valence-electron chi connectivity index (χ0n) is 26.1. The number of likely N-dealkylation sites (tertiary alicyclic amines) is 1. The molecule has 0 aromatic carbocycles. The van der Waals surface area contributed by atoms with Crippen molar-refractivity contribution in [2.45, 2.75) is 75.8 Å². The molecule has 6 heterocycles. The number of carbonyl (C=O) groups is 1. The first-order chi connectivity index (χ1) is 22.3. The SMILES string of the molecule is CNC(=O)c1ccn(-c2nc(-c3noc4c3CCCC43CCCc4sc(N)c(C#N)c43)nc3c2cnn3C(C)C2CCCN2C)n1. The predicted molar refractivity (Wildman–Crippen MR) is 172 cm³/mol. The molecule has 1 spiro atoms. The fourth-order valence-electron chi connectivity index (χ4n) is 8.11. The molecular weight excluding hydrogens is 602 g/mol. The van der Waals surface area contributed by atoms with Crippen LogP contribution in [0.25, 0.3) is 28.4 Å². The molecule has 14 heteroatoms. The Hall–Kier alpha value is -4.61. The number of aromatic nitrogens is 7. The van der Waals surface area contributed by atoms with Gasteiger partial charge in [0.25, 0.3) is 5.91 Å². The number of fused-ring (bicyclic) bond motifs is 5. The van der Waals surface area contributed by atoms with Crippen LogP contribution in [0.1, 0.15) is 89.3 Å². The Kier molecular flexibility index (Phi) is 6.73. The van der Waals surface area contributed by atoms with Crippen molar-refractivity contribution in [3.8, 4) is 23.4 Å². The molecule has 5 aromatic heterocycles. The van der Waals surface area contributed by atoms with Gasteiger partial charge >= 0.3 is 0 Å². The number of nitrogens with zero attached hydrogens (tertiary/aromatic N) is 9. The molecule has 0 saturated carbocycles. The normalized spacial score (nSPS) is 21.7. The third kappa shape index (κ3) is 4.14. The van der Waals surface area contributed by atoms with Crippen LogP contribution in [-0.2, 0) is 18.3 Å². The van der Waals surface area contributed by atoms with Crippen LogP contribution in [0.4, 0.5) is 5.00 Å². The number of amides is 1. The van der Waals surface area contributed by atoms with Gasteiger partial charge in [-0.1, -0.05) is 5.16 Å². The minimum Gasteiger partial charge on any atom is -0.389 e. The van der Waals surface area contributed by atoms with Crippen molar-refractivity contribution >= 4 is 33.3 Å². The Morgan fingerprint density at radius 2 is 2.09 bits per heavy atom. The van der Waals surface area contributed by atoms with Crippen molar-refractivity contribution < 1.29 is 9.32 Å². The van der Waals surface area contributed by atoms with Crippen molar-refractivity contribution in [3.05, 3.63) is 51.5 Å². The van der Waals surface area contributed by atoms with E-state index in [2.05, 4.69) is 40.5 Å². The maximum absolute atomic E-state index is 12.4. The summed E-state index contributed by atoms with van der Waals surface area (Å²) in [6, 6.07) is 4.43. The molecular formula is C32H35N11O2S. The topological polar surface area (TPSA) is 170 Å². The number of nitrogens with two attached hydrogens (primary N) is 1. The summed E-state index contributed by atoms with van der Waals surface area (Å²) < 4.78 is 9.87. The summed E-state index contributed by atoms with van der Waals surface area (Å²) in [5.74, 6) is 1.43. The summed E-state index contributed by atoms with van der Waals surface area (Å²) in [5.41, 5.74) is 10.0. The highest BCUT2D eigenvalue weighted by Gasteiger charge is 2.49. The smallest absolute Gasteiger partial charge is 0.271 e. The summed E-state index contributed by atoms with van der Waals surface area (Å²) in [5, 5.41) is 28.1. The lowest BCUT2D eigenvalue weighted by Crippen LogP contribution is -2.35. The molecule has 2 aliphatic carbocycles. The van der Waals surface area contributed by atoms with E-state index in [1.165, 1.54) is 16.2 Å². The minimum absolute atomic E-state index is 0.0586. The zero-order valence-corrected chi connectivity index (χ0v) is 26.9. The van der Waals surface area contributed by atoms with Crippen molar-refractivity contribution in [3.63, 3.8) is 0 Å². The van der Waals surface area contributed by atoms with Gasteiger partial charge in [0.2, 0.25) is 0 Å². The van der Waals surface area contributed by atoms with Gasteiger partial charge in [-0.3, -0.25) is 4.79 Å². The van der Waals surface area contributed by atoms with Crippen LogP contribution in [0.3, 0.4) is 0 Å². The highest BCUT2D eigenvalue weighted by Crippen LogP contribution is 2.55. The predicted octanol–water partition coefficient (Wildman–Crippen LogP) is 4.16. The van der Waals surface area contributed by atoms with E-state index in [1.807, 2.05) is 4.68 Å². The maximum atomic E-state index is 12.4. The van der Waals surface area contributed by atoms with Gasteiger partial charge in [-0.05, 0) is 83.5 Å². The first-order valence-electron chi connectivity index (χ1n) is 15.9. The van der Waals surface area contributed by atoms with E-state index < -0.39 is 5.41 Å². The Balaban J connectivity index is 1.31. The van der Waals surface area contributed by atoms with Crippen LogP contribution < -0.4 is 11.1 Å². The van der Waals surface area contributed by atoms with Crippen LogP contribution in [0, 0.1) is 11.3 Å². The standard InChI is InChI=1S/C32H35N11O2S/c1-17(22-8-6-13-41(22)3)43-30-20(16-36-43)29(42-14-10-21(39-42)31(44)35-2)37-28(38-30)25-18-7-4-11-32(26(18)45-40-25)12-5-9-23-24(32)19(15-33)27(34)46-23/h10,14,16-17,22H,4-9,11-13,34H2,1-3H3,(H,35,44). The van der Waals surface area contributed by atoms with Gasteiger partial charge in [0.15, 0.2) is 34.4 Å². The van der Waals surface area contributed by atoms with Crippen molar-refractivity contribution in [2.24, 2.45) is 0 Å². The van der Waals surface area contributed by atoms with E-state index in [-0.39, 0.29) is 17.6 Å². The van der Waals surface area contributed by atoms with Crippen LogP contribution in [0.5, 0.6) is 0 Å². The van der Waals surface area contributed by atoms with Gasteiger partial charge in [-0.15, -0.1) is 11.3 Å². The lowest BCUT2D eigenvalue weighted by molar-refractivity contribution is 0.0957. The third-order valence-corrected chi connectivity index (χ3v) is 11.4. The molecule has 1 amide bonds. The number of thiophene rings is 1. The average molecular weight is 638 g/mol. The highest BCUT2D eigenvalue weighted by molar-refractivity contribution is 7.16. The molecule has 5 aromatic rings. The molecule has 0 bridgehead atoms. The molecule has 236 valence electrons. The number of nitrogen functional groups attached to an aromatic ring is 1. The molecule has 46 heavy (non-hydrogen) atoms. The summed E-state index contributed by atoms with van der Waals surface area (Å²) >= 11 is 1.53. The largest absolute Gasteiger partial charge is 0.389 e. The molecule has 3 N–H and O–H groups in total. The number of rotatable bonds is 5. The number of hydrogen-bond acceptors (Lipinski definition) is 11. The van der Waals surface area contributed by atoms with Gasteiger partial charge in [-0.2, -0.15) is 15.5 Å². The second-order valence-corrected chi connectivity index (χ2v) is 13.9. The molecule has 1 saturated heterocycles. The molecule has 1 fully saturated rings. The molecule has 8 rings (SSSR count). The van der Waals surface area contributed by atoms with Crippen LogP contribution in [-0.4, -0.2) is 72.2 Å². The summed E-state index contributed by atoms with van der Waals surface area (Å²) in [6.45, 7) is 3.23. The van der Waals surface area contributed by atoms with Crippen molar-refractivity contribution in [1.29, 1.82) is 5.26 Å². The van der Waals surface area contributed by atoms with Gasteiger partial charge in [0.1, 0.15) is 11.1 Å². The monoisotopic (exact) mass is 637 g/mol. The lowest BCUT2D eigenvalue weighted by atomic mass is 9.63. The van der Waals surface area contributed by atoms with E-state index >= 15 is 0 Å². The molecule has 3 aliphatic rings. The van der Waals surface area contributed by atoms with E-state index in [4.69, 9.17) is 25.3 Å². The van der Waals surface area contributed by atoms with Crippen LogP contribution in [0.15, 0.2) is 23.0 Å². The van der Waals surface area contributed by atoms with Crippen LogP contribution in [0.2, 0.25) is 0 Å². The Labute approximate surface area is 269 Å². The van der Waals surface area contributed by atoms with E-state index in [1.54, 1.807) is 30.2 Å². The molecule has 1 aliphatic heterocycles. The number of likely N-dealkylation sites (N-methyl/N-ethyl adjacent to an activating group) is 1. The Bertz CT molecular complexity index is 2040. The summed E-state index contributed by atoms with van der Waals surface area (Å²) in [4.78, 5) is 26.1. The molecule has 3 unspecified atom stereocenters. The summed E-state index contributed by atoms with van der Waals surface area (Å²) in [7, 11) is 3.73. The Morgan fingerprint density at radius 1 is 1.26 bits per heavy atom. The van der Waals surface area contributed by atoms with Gasteiger partial charge in [0, 0.05) is 29.7 Å². The average Bonchev–Trinajstić information content (AvgIpc) is 3.89. The fraction of sp³-hybridized carbons (Fsp3) is 0.469. The molecule has 0 radical (unpaired) electrons. The van der Waals surface area contributed by atoms with E-state index in [9.17, 15) is 10.1 Å². The number of hydrogen-bond donors (Lipinski definition) is 2. The second-order valence-electron chi connectivity index (χ2n) is 12.7. The maximum Gasteiger partial charge on any atom is 0.271 e. The second kappa shape index (κ2) is 10.7. The van der Waals surface area contributed by atoms with Gasteiger partial charge in [-0.25, -0.2) is 19.3 Å². The first kappa shape index (κ1) is 28.8. The number of anilines is 1. The number of nitrogens with one attached hydrogen (secondary N) is 1. The van der Waals surface area contributed by atoms with Crippen molar-refractivity contribution in [2.75, 3.05) is 26.4 Å². The minimum atomic E-state index is -0.452. The fourth-order valence-corrected chi connectivity index (χ4v) is 9.27. The van der Waals surface area contributed by atoms with E-state index in [0.717, 1.165) is 80.2 Å².